The first-order valence-corrected chi connectivity index (χ1v) is 12.3. The molecule has 0 heterocycles. The lowest BCUT2D eigenvalue weighted by Crippen LogP contribution is -2.35. The monoisotopic (exact) mass is 509 g/mol. The molecule has 0 spiro atoms. The van der Waals surface area contributed by atoms with Crippen LogP contribution in [0.2, 0.25) is 0 Å². The molecule has 0 bridgehead atoms. The van der Waals surface area contributed by atoms with Crippen molar-refractivity contribution in [3.63, 3.8) is 0 Å². The van der Waals surface area contributed by atoms with Gasteiger partial charge in [0.1, 0.15) is 24.2 Å². The molecular weight excluding hydrogens is 468 g/mol. The van der Waals surface area contributed by atoms with Gasteiger partial charge in [0.25, 0.3) is 5.09 Å². The third kappa shape index (κ3) is 21.6. The number of hydrogen-bond donors (Lipinski definition) is 1. The molecule has 1 N–H and O–H groups in total. The summed E-state index contributed by atoms with van der Waals surface area (Å²) in [5, 5.41) is 17.2. The third-order valence-corrected chi connectivity index (χ3v) is 4.95. The van der Waals surface area contributed by atoms with Crippen LogP contribution in [0.1, 0.15) is 90.9 Å². The first kappa shape index (κ1) is 32.3. The molecule has 1 unspecified atom stereocenters. The molecule has 0 aromatic carbocycles. The molecular formula is C22H41N2O11+. The molecule has 0 radical (unpaired) electrons. The predicted octanol–water partition coefficient (Wildman–Crippen LogP) is 3.86. The number of rotatable bonds is 24. The van der Waals surface area contributed by atoms with Gasteiger partial charge in [-0.1, -0.05) is 65.2 Å². The molecule has 0 saturated carbocycles. The van der Waals surface area contributed by atoms with Crippen molar-refractivity contribution in [1.82, 2.24) is 0 Å². The van der Waals surface area contributed by atoms with Crippen molar-refractivity contribution >= 4 is 11.9 Å². The number of carbonyl (C=O) groups excluding carboxylic acids is 2. The quantitative estimate of drug-likeness (QED) is 0.0869. The smallest absolute Gasteiger partial charge is 0.463 e. The van der Waals surface area contributed by atoms with E-state index in [2.05, 4.69) is 23.5 Å². The molecule has 0 aliphatic carbocycles. The van der Waals surface area contributed by atoms with Crippen LogP contribution < -0.4 is 0 Å². The molecule has 0 aromatic rings. The van der Waals surface area contributed by atoms with Gasteiger partial charge in [0.05, 0.1) is 6.61 Å². The third-order valence-electron chi connectivity index (χ3n) is 4.95. The van der Waals surface area contributed by atoms with E-state index in [1.165, 1.54) is 0 Å². The maximum atomic E-state index is 12.0. The summed E-state index contributed by atoms with van der Waals surface area (Å²) in [6, 6.07) is 0. The van der Waals surface area contributed by atoms with Gasteiger partial charge < -0.3 is 19.0 Å². The SMILES string of the molecule is CCCCCCCC(=O)OCC(COC(=O)CCCCCCC)OCC(CO[N+](=O)O)O[N+](=O)[O-]. The normalized spacial score (nSPS) is 11.6. The van der Waals surface area contributed by atoms with Gasteiger partial charge >= 0.3 is 17.0 Å². The van der Waals surface area contributed by atoms with Gasteiger partial charge in [-0.15, -0.1) is 10.1 Å². The van der Waals surface area contributed by atoms with Crippen molar-refractivity contribution in [3.05, 3.63) is 15.0 Å². The van der Waals surface area contributed by atoms with Crippen LogP contribution in [0, 0.1) is 15.0 Å². The predicted molar refractivity (Wildman–Crippen MR) is 122 cm³/mol. The zero-order valence-corrected chi connectivity index (χ0v) is 20.9. The summed E-state index contributed by atoms with van der Waals surface area (Å²) in [6.45, 7) is 2.59. The van der Waals surface area contributed by atoms with E-state index in [1.807, 2.05) is 0 Å². The largest absolute Gasteiger partial charge is 0.475 e. The topological polar surface area (TPSA) is 164 Å². The first-order valence-electron chi connectivity index (χ1n) is 12.3. The highest BCUT2D eigenvalue weighted by Crippen LogP contribution is 2.09. The van der Waals surface area contributed by atoms with Crippen molar-refractivity contribution < 1.29 is 48.9 Å². The van der Waals surface area contributed by atoms with Gasteiger partial charge in [-0.25, -0.2) is 5.21 Å². The summed E-state index contributed by atoms with van der Waals surface area (Å²) in [6.07, 6.45) is 7.90. The number of carbonyl (C=O) groups is 2. The molecule has 0 aliphatic heterocycles. The van der Waals surface area contributed by atoms with Crippen LogP contribution >= 0.6 is 0 Å². The minimum absolute atomic E-state index is 0.239. The number of unbranched alkanes of at least 4 members (excludes halogenated alkanes) is 8. The zero-order chi connectivity index (χ0) is 26.3. The van der Waals surface area contributed by atoms with Crippen molar-refractivity contribution in [2.45, 2.75) is 103 Å². The molecule has 13 nitrogen and oxygen atoms in total. The number of ether oxygens (including phenoxy) is 3. The molecule has 35 heavy (non-hydrogen) atoms. The van der Waals surface area contributed by atoms with E-state index in [-0.39, 0.29) is 26.1 Å². The minimum Gasteiger partial charge on any atom is -0.463 e. The van der Waals surface area contributed by atoms with Crippen molar-refractivity contribution in [3.8, 4) is 0 Å². The fraction of sp³-hybridized carbons (Fsp3) is 0.909. The Labute approximate surface area is 206 Å². The second-order valence-electron chi connectivity index (χ2n) is 8.13. The second-order valence-corrected chi connectivity index (χ2v) is 8.13. The summed E-state index contributed by atoms with van der Waals surface area (Å²) in [5.41, 5.74) is 0. The summed E-state index contributed by atoms with van der Waals surface area (Å²) in [4.78, 5) is 53.7. The van der Waals surface area contributed by atoms with Crippen molar-refractivity contribution in [1.29, 1.82) is 0 Å². The van der Waals surface area contributed by atoms with E-state index in [0.29, 0.717) is 12.8 Å². The van der Waals surface area contributed by atoms with Gasteiger partial charge in [0.15, 0.2) is 12.7 Å². The number of nitrogens with zero attached hydrogens (tertiary/aromatic N) is 2. The maximum Gasteiger partial charge on any atom is 0.475 e. The molecule has 0 aliphatic rings. The van der Waals surface area contributed by atoms with Crippen LogP contribution in [0.5, 0.6) is 0 Å². The highest BCUT2D eigenvalue weighted by molar-refractivity contribution is 5.69. The van der Waals surface area contributed by atoms with Gasteiger partial charge in [-0.05, 0) is 12.8 Å². The Morgan fingerprint density at radius 3 is 1.66 bits per heavy atom. The Kier molecular flexibility index (Phi) is 20.1. The fourth-order valence-corrected chi connectivity index (χ4v) is 3.03. The molecule has 0 amide bonds. The van der Waals surface area contributed by atoms with E-state index < -0.39 is 47.5 Å². The Morgan fingerprint density at radius 2 is 1.23 bits per heavy atom. The summed E-state index contributed by atoms with van der Waals surface area (Å²) < 4.78 is 15.9. The van der Waals surface area contributed by atoms with Gasteiger partial charge in [-0.3, -0.25) is 9.59 Å². The highest BCUT2D eigenvalue weighted by Gasteiger charge is 2.23. The average Bonchev–Trinajstić information content (AvgIpc) is 2.81. The summed E-state index contributed by atoms with van der Waals surface area (Å²) in [7, 11) is 0. The van der Waals surface area contributed by atoms with Crippen LogP contribution in [0.25, 0.3) is 0 Å². The Morgan fingerprint density at radius 1 is 0.743 bits per heavy atom. The summed E-state index contributed by atoms with van der Waals surface area (Å²) >= 11 is 0. The molecule has 0 fully saturated rings. The Balaban J connectivity index is 4.69. The molecule has 204 valence electrons. The van der Waals surface area contributed by atoms with E-state index in [9.17, 15) is 24.6 Å². The second kappa shape index (κ2) is 21.8. The fourth-order valence-electron chi connectivity index (χ4n) is 3.03. The molecule has 13 heteroatoms. The lowest BCUT2D eigenvalue weighted by Gasteiger charge is -2.20. The number of hydrogen-bond acceptors (Lipinski definition) is 10. The molecule has 0 aromatic heterocycles. The Hall–Kier alpha value is -2.70. The van der Waals surface area contributed by atoms with E-state index in [0.717, 1.165) is 51.4 Å². The highest BCUT2D eigenvalue weighted by atomic mass is 17.0. The van der Waals surface area contributed by atoms with Crippen molar-refractivity contribution in [2.75, 3.05) is 26.4 Å². The minimum atomic E-state index is -1.36. The molecule has 0 saturated heterocycles. The first-order chi connectivity index (χ1) is 16.8. The molecule has 1 atom stereocenters. The lowest BCUT2D eigenvalue weighted by atomic mass is 10.1. The van der Waals surface area contributed by atoms with E-state index in [4.69, 9.17) is 19.4 Å². The lowest BCUT2D eigenvalue weighted by molar-refractivity contribution is -0.977. The van der Waals surface area contributed by atoms with Crippen LogP contribution in [0.15, 0.2) is 0 Å². The zero-order valence-electron chi connectivity index (χ0n) is 20.9. The number of esters is 2. The van der Waals surface area contributed by atoms with Crippen LogP contribution in [0.4, 0.5) is 0 Å². The van der Waals surface area contributed by atoms with E-state index in [1.54, 1.807) is 0 Å². The summed E-state index contributed by atoms with van der Waals surface area (Å²) in [5.74, 6) is -0.859. The van der Waals surface area contributed by atoms with Crippen LogP contribution in [-0.2, 0) is 33.5 Å². The van der Waals surface area contributed by atoms with E-state index >= 15 is 0 Å². The van der Waals surface area contributed by atoms with Gasteiger partial charge in [0, 0.05) is 12.8 Å². The molecule has 0 rings (SSSR count). The van der Waals surface area contributed by atoms with Crippen LogP contribution in [-0.4, -0.2) is 66.0 Å². The standard InChI is InChI=1S/C22H41N2O11/c1-3-5-7-9-11-13-21(25)32-15-19(16-33-22(26)14-12-10-8-6-4-2)31-17-20(35-24(29)30)18-34-23(27)28/h19-20H,3-18H2,1-2H3,(H,27,28)/q+1. The van der Waals surface area contributed by atoms with Crippen molar-refractivity contribution in [2.24, 2.45) is 0 Å². The van der Waals surface area contributed by atoms with Gasteiger partial charge in [0.2, 0.25) is 0 Å². The maximum absolute atomic E-state index is 12.0. The van der Waals surface area contributed by atoms with Gasteiger partial charge in [-0.2, -0.15) is 4.84 Å². The van der Waals surface area contributed by atoms with Crippen LogP contribution in [0.3, 0.4) is 0 Å². The average molecular weight is 510 g/mol. The Bertz CT molecular complexity index is 574.